The van der Waals surface area contributed by atoms with E-state index in [1.54, 1.807) is 14.2 Å². The van der Waals surface area contributed by atoms with Crippen molar-refractivity contribution in [3.63, 3.8) is 0 Å². The van der Waals surface area contributed by atoms with Crippen LogP contribution in [0.1, 0.15) is 24.2 Å². The topological polar surface area (TPSA) is 99.9 Å². The van der Waals surface area contributed by atoms with Gasteiger partial charge in [0.1, 0.15) is 11.5 Å². The van der Waals surface area contributed by atoms with Crippen molar-refractivity contribution < 1.29 is 9.47 Å². The lowest BCUT2D eigenvalue weighted by Gasteiger charge is -2.10. The molecule has 250 valence electrons. The number of nitrogens with one attached hydrogen (secondary N) is 4. The van der Waals surface area contributed by atoms with Crippen molar-refractivity contribution in [2.75, 3.05) is 27.3 Å². The number of unbranched alkanes of at least 4 members (excludes halogenated alkanes) is 1. The van der Waals surface area contributed by atoms with Gasteiger partial charge in [0.2, 0.25) is 0 Å². The van der Waals surface area contributed by atoms with Gasteiger partial charge >= 0.3 is 0 Å². The molecule has 4 heterocycles. The number of fused-ring (bicyclic) bond motifs is 6. The molecule has 0 spiro atoms. The first-order chi connectivity index (χ1) is 24.7. The second-order valence-corrected chi connectivity index (χ2v) is 12.6. The quantitative estimate of drug-likeness (QED) is 0.0923. The van der Waals surface area contributed by atoms with Gasteiger partial charge in [0.05, 0.1) is 48.0 Å². The van der Waals surface area contributed by atoms with Crippen molar-refractivity contribution in [2.45, 2.75) is 25.9 Å². The van der Waals surface area contributed by atoms with Crippen LogP contribution in [0.3, 0.4) is 0 Å². The zero-order valence-electron chi connectivity index (χ0n) is 28.3. The van der Waals surface area contributed by atoms with E-state index in [0.29, 0.717) is 13.1 Å². The van der Waals surface area contributed by atoms with E-state index in [0.717, 1.165) is 93.4 Å². The lowest BCUT2D eigenvalue weighted by Crippen LogP contribution is -2.19. The number of H-pyrrole nitrogens is 2. The molecule has 4 aromatic carbocycles. The van der Waals surface area contributed by atoms with Crippen molar-refractivity contribution in [1.29, 1.82) is 0 Å². The van der Waals surface area contributed by atoms with Crippen LogP contribution < -0.4 is 20.1 Å². The maximum absolute atomic E-state index is 5.39. The third kappa shape index (κ3) is 6.27. The summed E-state index contributed by atoms with van der Waals surface area (Å²) >= 11 is 0. The lowest BCUT2D eigenvalue weighted by atomic mass is 10.1. The molecule has 8 rings (SSSR count). The van der Waals surface area contributed by atoms with E-state index < -0.39 is 0 Å². The number of para-hydroxylation sites is 2. The first-order valence-corrected chi connectivity index (χ1v) is 17.2. The molecule has 50 heavy (non-hydrogen) atoms. The van der Waals surface area contributed by atoms with Crippen LogP contribution in [0.15, 0.2) is 109 Å². The summed E-state index contributed by atoms with van der Waals surface area (Å²) in [5.41, 5.74) is 10.4. The molecule has 4 N–H and O–H groups in total. The zero-order valence-corrected chi connectivity index (χ0v) is 28.3. The van der Waals surface area contributed by atoms with E-state index in [-0.39, 0.29) is 0 Å². The van der Waals surface area contributed by atoms with Gasteiger partial charge in [0, 0.05) is 56.8 Å². The van der Waals surface area contributed by atoms with Crippen LogP contribution in [0.5, 0.6) is 11.5 Å². The van der Waals surface area contributed by atoms with Crippen LogP contribution in [0.25, 0.3) is 66.1 Å². The van der Waals surface area contributed by atoms with Gasteiger partial charge in [-0.1, -0.05) is 36.4 Å². The Morgan fingerprint density at radius 2 is 0.940 bits per heavy atom. The Hall–Kier alpha value is -5.70. The largest absolute Gasteiger partial charge is 0.497 e. The van der Waals surface area contributed by atoms with E-state index in [4.69, 9.17) is 19.4 Å². The Kier molecular flexibility index (Phi) is 8.86. The number of ether oxygens (including phenoxy) is 2. The Morgan fingerprint density at radius 1 is 0.520 bits per heavy atom. The van der Waals surface area contributed by atoms with Crippen LogP contribution in [-0.2, 0) is 13.1 Å². The molecule has 0 aliphatic heterocycles. The van der Waals surface area contributed by atoms with Crippen molar-refractivity contribution in [1.82, 2.24) is 30.6 Å². The van der Waals surface area contributed by atoms with Gasteiger partial charge in [-0.15, -0.1) is 0 Å². The van der Waals surface area contributed by atoms with E-state index in [2.05, 4.69) is 106 Å². The molecule has 0 amide bonds. The van der Waals surface area contributed by atoms with Gasteiger partial charge in [-0.25, -0.2) is 9.97 Å². The molecule has 8 nitrogen and oxygen atoms in total. The second-order valence-electron chi connectivity index (χ2n) is 12.6. The molecule has 8 aromatic rings. The maximum atomic E-state index is 5.39. The molecule has 0 aliphatic rings. The molecule has 0 radical (unpaired) electrons. The van der Waals surface area contributed by atoms with Crippen molar-refractivity contribution in [3.8, 4) is 34.0 Å². The molecule has 0 unspecified atom stereocenters. The van der Waals surface area contributed by atoms with Gasteiger partial charge < -0.3 is 30.1 Å². The van der Waals surface area contributed by atoms with Crippen LogP contribution in [0.4, 0.5) is 0 Å². The fourth-order valence-electron chi connectivity index (χ4n) is 6.83. The number of aromatic nitrogens is 4. The third-order valence-electron chi connectivity index (χ3n) is 9.40. The van der Waals surface area contributed by atoms with Crippen LogP contribution in [0, 0.1) is 0 Å². The fraction of sp³-hybridized carbons (Fsp3) is 0.190. The maximum Gasteiger partial charge on any atom is 0.118 e. The first kappa shape index (κ1) is 31.6. The van der Waals surface area contributed by atoms with Crippen molar-refractivity contribution >= 4 is 43.6 Å². The average molecular weight is 661 g/mol. The number of pyridine rings is 2. The highest BCUT2D eigenvalue weighted by molar-refractivity contribution is 6.12. The molecule has 0 bridgehead atoms. The summed E-state index contributed by atoms with van der Waals surface area (Å²) in [6, 6.07) is 37.6. The van der Waals surface area contributed by atoms with Crippen LogP contribution >= 0.6 is 0 Å². The number of hydrogen-bond acceptors (Lipinski definition) is 6. The minimum atomic E-state index is 0.703. The Bertz CT molecular complexity index is 2240. The van der Waals surface area contributed by atoms with Gasteiger partial charge in [-0.05, 0) is 98.7 Å². The smallest absolute Gasteiger partial charge is 0.118 e. The highest BCUT2D eigenvalue weighted by Crippen LogP contribution is 2.35. The first-order valence-electron chi connectivity index (χ1n) is 17.2. The Morgan fingerprint density at radius 3 is 1.36 bits per heavy atom. The highest BCUT2D eigenvalue weighted by Gasteiger charge is 2.15. The Balaban J connectivity index is 0.908. The lowest BCUT2D eigenvalue weighted by molar-refractivity contribution is 0.415. The summed E-state index contributed by atoms with van der Waals surface area (Å²) in [6.45, 7) is 3.23. The monoisotopic (exact) mass is 660 g/mol. The van der Waals surface area contributed by atoms with E-state index in [1.165, 1.54) is 21.5 Å². The van der Waals surface area contributed by atoms with E-state index >= 15 is 0 Å². The molecule has 8 heteroatoms. The standard InChI is InChI=1S/C42H40N6O2/c1-49-31-17-13-27(14-18-31)39-41-35(33-9-3-5-11-37(33)47-41)23-29(45-39)25-43-21-7-8-22-44-26-30-24-36-34-10-4-6-12-38(34)48-42(36)40(46-30)28-15-19-32(50-2)20-16-28/h3-6,9-20,23-24,43-44,47-48H,7-8,21-22,25-26H2,1-2H3. The number of rotatable bonds is 13. The average Bonchev–Trinajstić information content (AvgIpc) is 3.74. The number of aromatic amines is 2. The summed E-state index contributed by atoms with van der Waals surface area (Å²) in [7, 11) is 3.38. The summed E-state index contributed by atoms with van der Waals surface area (Å²) in [4.78, 5) is 17.4. The number of methoxy groups -OCH3 is 2. The summed E-state index contributed by atoms with van der Waals surface area (Å²) < 4.78 is 10.8. The minimum absolute atomic E-state index is 0.703. The predicted molar refractivity (Wildman–Crippen MR) is 204 cm³/mol. The van der Waals surface area contributed by atoms with E-state index in [1.807, 2.05) is 24.3 Å². The zero-order chi connectivity index (χ0) is 33.9. The highest BCUT2D eigenvalue weighted by atomic mass is 16.5. The van der Waals surface area contributed by atoms with Gasteiger partial charge in [0.25, 0.3) is 0 Å². The Labute approximate surface area is 290 Å². The molecule has 0 saturated carbocycles. The van der Waals surface area contributed by atoms with Crippen molar-refractivity contribution in [3.05, 3.63) is 121 Å². The van der Waals surface area contributed by atoms with Crippen LogP contribution in [0.2, 0.25) is 0 Å². The summed E-state index contributed by atoms with van der Waals surface area (Å²) in [5.74, 6) is 1.66. The predicted octanol–water partition coefficient (Wildman–Crippen LogP) is 8.76. The molecule has 0 atom stereocenters. The van der Waals surface area contributed by atoms with Gasteiger partial charge in [-0.3, -0.25) is 0 Å². The van der Waals surface area contributed by atoms with Gasteiger partial charge in [-0.2, -0.15) is 0 Å². The fourth-order valence-corrected chi connectivity index (χ4v) is 6.83. The number of benzene rings is 4. The van der Waals surface area contributed by atoms with Crippen molar-refractivity contribution in [2.24, 2.45) is 0 Å². The summed E-state index contributed by atoms with van der Waals surface area (Å²) in [5, 5.41) is 12.1. The molecule has 0 fully saturated rings. The molecular formula is C42H40N6O2. The number of hydrogen-bond donors (Lipinski definition) is 4. The number of nitrogens with zero attached hydrogens (tertiary/aromatic N) is 2. The summed E-state index contributed by atoms with van der Waals surface area (Å²) in [6.07, 6.45) is 2.11. The SMILES string of the molecule is COc1ccc(-c2nc(CNCCCCNCc3cc4c([nH]c5ccccc54)c(-c4ccc(OC)cc4)n3)cc3c2[nH]c2ccccc23)cc1. The minimum Gasteiger partial charge on any atom is -0.497 e. The third-order valence-corrected chi connectivity index (χ3v) is 9.40. The molecule has 4 aromatic heterocycles. The normalized spacial score (nSPS) is 11.6. The van der Waals surface area contributed by atoms with Crippen LogP contribution in [-0.4, -0.2) is 47.2 Å². The molecule has 0 aliphatic carbocycles. The second kappa shape index (κ2) is 14.0. The molecular weight excluding hydrogens is 621 g/mol. The molecule has 0 saturated heterocycles. The van der Waals surface area contributed by atoms with E-state index in [9.17, 15) is 0 Å². The van der Waals surface area contributed by atoms with Gasteiger partial charge in [0.15, 0.2) is 0 Å².